The van der Waals surface area contributed by atoms with Crippen LogP contribution in [0.25, 0.3) is 0 Å². The number of hydrogen-bond acceptors (Lipinski definition) is 3. The van der Waals surface area contributed by atoms with Gasteiger partial charge in [-0.3, -0.25) is 4.79 Å². The Morgan fingerprint density at radius 2 is 2.15 bits per heavy atom. The quantitative estimate of drug-likeness (QED) is 0.838. The minimum absolute atomic E-state index is 0.248. The first-order valence-corrected chi connectivity index (χ1v) is 7.45. The van der Waals surface area contributed by atoms with Gasteiger partial charge < -0.3 is 10.1 Å². The second-order valence-corrected chi connectivity index (χ2v) is 5.95. The SMILES string of the molecule is CCCC1(C(=O)c2c(C)cc(C)cc2OC)CCNC1. The predicted molar refractivity (Wildman–Crippen MR) is 81.6 cm³/mol. The van der Waals surface area contributed by atoms with Crippen LogP contribution in [0.3, 0.4) is 0 Å². The number of methoxy groups -OCH3 is 1. The van der Waals surface area contributed by atoms with Crippen LogP contribution in [0.5, 0.6) is 5.75 Å². The monoisotopic (exact) mass is 275 g/mol. The number of benzene rings is 1. The molecule has 1 saturated heterocycles. The maximum absolute atomic E-state index is 13.2. The molecule has 0 aliphatic carbocycles. The largest absolute Gasteiger partial charge is 0.496 e. The first-order chi connectivity index (χ1) is 9.54. The second-order valence-electron chi connectivity index (χ2n) is 5.95. The maximum atomic E-state index is 13.2. The van der Waals surface area contributed by atoms with Crippen LogP contribution >= 0.6 is 0 Å². The summed E-state index contributed by atoms with van der Waals surface area (Å²) in [6.07, 6.45) is 2.89. The van der Waals surface area contributed by atoms with Crippen molar-refractivity contribution in [2.24, 2.45) is 5.41 Å². The fourth-order valence-electron chi connectivity index (χ4n) is 3.39. The molecule has 0 spiro atoms. The number of hydrogen-bond donors (Lipinski definition) is 1. The van der Waals surface area contributed by atoms with E-state index < -0.39 is 0 Å². The average Bonchev–Trinajstić information content (AvgIpc) is 2.87. The molecule has 1 aromatic carbocycles. The highest BCUT2D eigenvalue weighted by molar-refractivity contribution is 6.04. The topological polar surface area (TPSA) is 38.3 Å². The molecule has 110 valence electrons. The normalized spacial score (nSPS) is 22.0. The highest BCUT2D eigenvalue weighted by Gasteiger charge is 2.42. The molecule has 0 aromatic heterocycles. The van der Waals surface area contributed by atoms with Crippen LogP contribution in [0.15, 0.2) is 12.1 Å². The highest BCUT2D eigenvalue weighted by Crippen LogP contribution is 2.38. The minimum atomic E-state index is -0.248. The molecule has 1 unspecified atom stereocenters. The molecule has 0 bridgehead atoms. The molecule has 1 aliphatic heterocycles. The fraction of sp³-hybridized carbons (Fsp3) is 0.588. The molecule has 20 heavy (non-hydrogen) atoms. The van der Waals surface area contributed by atoms with Crippen LogP contribution in [-0.2, 0) is 0 Å². The lowest BCUT2D eigenvalue weighted by Gasteiger charge is -2.28. The molecule has 1 heterocycles. The van der Waals surface area contributed by atoms with Crippen LogP contribution in [-0.4, -0.2) is 26.0 Å². The van der Waals surface area contributed by atoms with E-state index in [2.05, 4.69) is 18.3 Å². The Balaban J connectivity index is 2.47. The van der Waals surface area contributed by atoms with Crippen molar-refractivity contribution in [3.63, 3.8) is 0 Å². The zero-order chi connectivity index (χ0) is 14.8. The van der Waals surface area contributed by atoms with E-state index in [9.17, 15) is 4.79 Å². The van der Waals surface area contributed by atoms with Crippen molar-refractivity contribution in [3.05, 3.63) is 28.8 Å². The van der Waals surface area contributed by atoms with Gasteiger partial charge in [-0.05, 0) is 50.4 Å². The van der Waals surface area contributed by atoms with E-state index in [1.54, 1.807) is 7.11 Å². The van der Waals surface area contributed by atoms with Crippen molar-refractivity contribution >= 4 is 5.78 Å². The van der Waals surface area contributed by atoms with Crippen molar-refractivity contribution in [2.75, 3.05) is 20.2 Å². The summed E-state index contributed by atoms with van der Waals surface area (Å²) < 4.78 is 5.47. The van der Waals surface area contributed by atoms with Crippen LogP contribution in [0, 0.1) is 19.3 Å². The Hall–Kier alpha value is -1.35. The summed E-state index contributed by atoms with van der Waals surface area (Å²) in [5.74, 6) is 0.966. The van der Waals surface area contributed by atoms with Gasteiger partial charge in [0.05, 0.1) is 12.7 Å². The lowest BCUT2D eigenvalue weighted by atomic mass is 9.75. The fourth-order valence-corrected chi connectivity index (χ4v) is 3.39. The van der Waals surface area contributed by atoms with Crippen molar-refractivity contribution in [1.82, 2.24) is 5.32 Å². The lowest BCUT2D eigenvalue weighted by Crippen LogP contribution is -2.34. The zero-order valence-corrected chi connectivity index (χ0v) is 13.0. The summed E-state index contributed by atoms with van der Waals surface area (Å²) in [6, 6.07) is 4.03. The molecule has 1 atom stereocenters. The zero-order valence-electron chi connectivity index (χ0n) is 13.0. The molecule has 0 saturated carbocycles. The van der Waals surface area contributed by atoms with Gasteiger partial charge in [-0.2, -0.15) is 0 Å². The van der Waals surface area contributed by atoms with Gasteiger partial charge >= 0.3 is 0 Å². The smallest absolute Gasteiger partial charge is 0.174 e. The van der Waals surface area contributed by atoms with Gasteiger partial charge in [0.1, 0.15) is 5.75 Å². The molecule has 0 radical (unpaired) electrons. The minimum Gasteiger partial charge on any atom is -0.496 e. The number of nitrogens with one attached hydrogen (secondary N) is 1. The molecule has 3 heteroatoms. The summed E-state index contributed by atoms with van der Waals surface area (Å²) in [4.78, 5) is 13.2. The van der Waals surface area contributed by atoms with Crippen molar-refractivity contribution < 1.29 is 9.53 Å². The number of ketones is 1. The van der Waals surface area contributed by atoms with Crippen LogP contribution < -0.4 is 10.1 Å². The van der Waals surface area contributed by atoms with E-state index in [4.69, 9.17) is 4.74 Å². The predicted octanol–water partition coefficient (Wildman–Crippen LogP) is 3.27. The van der Waals surface area contributed by atoms with E-state index in [0.717, 1.165) is 54.8 Å². The number of rotatable bonds is 5. The molecular formula is C17H25NO2. The Morgan fingerprint density at radius 1 is 1.40 bits per heavy atom. The van der Waals surface area contributed by atoms with Crippen LogP contribution in [0.4, 0.5) is 0 Å². The Kier molecular flexibility index (Phi) is 4.48. The van der Waals surface area contributed by atoms with E-state index in [1.807, 2.05) is 19.9 Å². The van der Waals surface area contributed by atoms with E-state index in [0.29, 0.717) is 0 Å². The summed E-state index contributed by atoms with van der Waals surface area (Å²) in [7, 11) is 1.64. The first-order valence-electron chi connectivity index (χ1n) is 7.45. The number of ether oxygens (including phenoxy) is 1. The Labute approximate surface area is 121 Å². The molecule has 1 aliphatic rings. The number of Topliss-reactive ketones (excluding diaryl/α,β-unsaturated/α-hetero) is 1. The van der Waals surface area contributed by atoms with Crippen LogP contribution in [0.1, 0.15) is 47.7 Å². The van der Waals surface area contributed by atoms with Gasteiger partial charge in [0, 0.05) is 12.0 Å². The number of carbonyl (C=O) groups excluding carboxylic acids is 1. The standard InChI is InChI=1S/C17H25NO2/c1-5-6-17(7-8-18-11-17)16(19)15-13(3)9-12(2)10-14(15)20-4/h9-10,18H,5-8,11H2,1-4H3. The molecule has 1 N–H and O–H groups in total. The van der Waals surface area contributed by atoms with Gasteiger partial charge in [-0.1, -0.05) is 19.4 Å². The van der Waals surface area contributed by atoms with E-state index >= 15 is 0 Å². The Morgan fingerprint density at radius 3 is 2.70 bits per heavy atom. The number of carbonyl (C=O) groups is 1. The molecule has 3 nitrogen and oxygen atoms in total. The molecular weight excluding hydrogens is 250 g/mol. The summed E-state index contributed by atoms with van der Waals surface area (Å²) in [5.41, 5.74) is 2.68. The van der Waals surface area contributed by atoms with Crippen LogP contribution in [0.2, 0.25) is 0 Å². The molecule has 1 aromatic rings. The van der Waals surface area contributed by atoms with Gasteiger partial charge in [-0.15, -0.1) is 0 Å². The maximum Gasteiger partial charge on any atom is 0.174 e. The molecule has 2 rings (SSSR count). The van der Waals surface area contributed by atoms with Gasteiger partial charge in [-0.25, -0.2) is 0 Å². The van der Waals surface area contributed by atoms with Gasteiger partial charge in [0.2, 0.25) is 0 Å². The summed E-state index contributed by atoms with van der Waals surface area (Å²) in [6.45, 7) is 7.90. The van der Waals surface area contributed by atoms with Crippen molar-refractivity contribution in [1.29, 1.82) is 0 Å². The summed E-state index contributed by atoms with van der Waals surface area (Å²) in [5, 5.41) is 3.36. The second kappa shape index (κ2) is 5.96. The summed E-state index contributed by atoms with van der Waals surface area (Å²) >= 11 is 0. The lowest BCUT2D eigenvalue weighted by molar-refractivity contribution is 0.0797. The van der Waals surface area contributed by atoms with Gasteiger partial charge in [0.15, 0.2) is 5.78 Å². The highest BCUT2D eigenvalue weighted by atomic mass is 16.5. The third kappa shape index (κ3) is 2.59. The first kappa shape index (κ1) is 15.0. The van der Waals surface area contributed by atoms with E-state index in [-0.39, 0.29) is 11.2 Å². The molecule has 1 fully saturated rings. The average molecular weight is 275 g/mol. The molecule has 0 amide bonds. The number of aryl methyl sites for hydroxylation is 2. The van der Waals surface area contributed by atoms with Gasteiger partial charge in [0.25, 0.3) is 0 Å². The van der Waals surface area contributed by atoms with Crippen molar-refractivity contribution in [2.45, 2.75) is 40.0 Å². The third-order valence-electron chi connectivity index (χ3n) is 4.34. The Bertz CT molecular complexity index is 502. The van der Waals surface area contributed by atoms with Crippen molar-refractivity contribution in [3.8, 4) is 5.75 Å². The van der Waals surface area contributed by atoms with E-state index in [1.165, 1.54) is 0 Å². The third-order valence-corrected chi connectivity index (χ3v) is 4.34.